The Morgan fingerprint density at radius 1 is 0.875 bits per heavy atom. The Balaban J connectivity index is 1.27. The number of nitrogens with zero attached hydrogens (tertiary/aromatic N) is 1. The van der Waals surface area contributed by atoms with Gasteiger partial charge in [0.2, 0.25) is 0 Å². The first-order chi connectivity index (χ1) is 18.8. The fourth-order valence-electron chi connectivity index (χ4n) is 13.0. The maximum Gasteiger partial charge on any atom is 0.138 e. The minimum atomic E-state index is -0.152. The molecular weight excluding hydrogens is 488 g/mol. The Labute approximate surface area is 247 Å². The number of ketones is 1. The Kier molecular flexibility index (Phi) is 7.30. The van der Waals surface area contributed by atoms with E-state index in [9.17, 15) is 4.79 Å². The average Bonchev–Trinajstić information content (AvgIpc) is 3.28. The van der Waals surface area contributed by atoms with Crippen molar-refractivity contribution in [2.75, 3.05) is 26.2 Å². The number of Topliss-reactive ketones (excluding diaryl/α,β-unsaturated/α-hetero) is 1. The monoisotopic (exact) mass is 550 g/mol. The number of fused-ring (bicyclic) bond motifs is 7. The molecule has 40 heavy (non-hydrogen) atoms. The van der Waals surface area contributed by atoms with Gasteiger partial charge in [0.15, 0.2) is 0 Å². The van der Waals surface area contributed by atoms with E-state index in [4.69, 9.17) is 0 Å². The SMILES string of the molecule is C=C(C)[C@@H]1CC[C@]2(NCCN3CCC(C)CC3)CC[C@]3(C)[C@H](CC[C@@H]4[C@@]5(C)CCC(=O)C(C)(C)[C@@H]5CC[C@]43C)[C@@H]12. The molecule has 5 aliphatic carbocycles. The summed E-state index contributed by atoms with van der Waals surface area (Å²) in [5.41, 5.74) is 2.66. The second-order valence-electron chi connectivity index (χ2n) is 17.4. The zero-order valence-electron chi connectivity index (χ0n) is 27.3. The molecule has 1 aliphatic heterocycles. The molecule has 0 amide bonds. The zero-order chi connectivity index (χ0) is 28.7. The minimum absolute atomic E-state index is 0.152. The number of rotatable bonds is 5. The number of allylic oxidation sites excluding steroid dienone is 1. The summed E-state index contributed by atoms with van der Waals surface area (Å²) in [4.78, 5) is 15.8. The van der Waals surface area contributed by atoms with Crippen molar-refractivity contribution in [3.63, 3.8) is 0 Å². The first kappa shape index (κ1) is 29.4. The molecule has 0 spiro atoms. The lowest BCUT2D eigenvalue weighted by Crippen LogP contribution is -2.68. The quantitative estimate of drug-likeness (QED) is 0.350. The summed E-state index contributed by atoms with van der Waals surface area (Å²) in [6, 6.07) is 0. The van der Waals surface area contributed by atoms with E-state index >= 15 is 0 Å². The van der Waals surface area contributed by atoms with E-state index in [1.165, 1.54) is 89.4 Å². The van der Waals surface area contributed by atoms with E-state index in [0.29, 0.717) is 39.4 Å². The van der Waals surface area contributed by atoms with E-state index < -0.39 is 0 Å². The first-order valence-electron chi connectivity index (χ1n) is 17.4. The molecule has 0 aromatic rings. The molecule has 6 fully saturated rings. The highest BCUT2D eigenvalue weighted by Crippen LogP contribution is 2.76. The molecule has 1 heterocycles. The molecular formula is C37H62N2O. The van der Waals surface area contributed by atoms with E-state index in [1.54, 1.807) is 0 Å². The molecule has 0 bridgehead atoms. The van der Waals surface area contributed by atoms with Crippen molar-refractivity contribution in [3.05, 3.63) is 12.2 Å². The first-order valence-corrected chi connectivity index (χ1v) is 17.4. The molecule has 0 radical (unpaired) electrons. The molecule has 9 atom stereocenters. The van der Waals surface area contributed by atoms with Crippen LogP contribution in [0.2, 0.25) is 0 Å². The van der Waals surface area contributed by atoms with Gasteiger partial charge >= 0.3 is 0 Å². The van der Waals surface area contributed by atoms with Gasteiger partial charge in [-0.3, -0.25) is 4.79 Å². The third-order valence-electron chi connectivity index (χ3n) is 15.6. The largest absolute Gasteiger partial charge is 0.310 e. The standard InChI is InChI=1S/C37H62N2O/c1-25(2)27-11-18-37(38-21-24-39-22-14-26(3)15-23-39)20-19-35(7)28(32(27)37)9-10-30-34(6)16-13-31(40)33(4,5)29(34)12-17-36(30,35)8/h26-30,32,38H,1,9-24H2,2-8H3/t27-,28+,29-,30+,32+,34-,35+,36+,37-/m0/s1. The Hall–Kier alpha value is -0.670. The van der Waals surface area contributed by atoms with Crippen LogP contribution in [0.4, 0.5) is 0 Å². The molecule has 226 valence electrons. The van der Waals surface area contributed by atoms with Gasteiger partial charge in [-0.05, 0) is 142 Å². The summed E-state index contributed by atoms with van der Waals surface area (Å²) in [7, 11) is 0. The van der Waals surface area contributed by atoms with Crippen molar-refractivity contribution in [2.24, 2.45) is 57.2 Å². The molecule has 1 N–H and O–H groups in total. The number of hydrogen-bond donors (Lipinski definition) is 1. The molecule has 0 aromatic heterocycles. The van der Waals surface area contributed by atoms with Crippen molar-refractivity contribution >= 4 is 5.78 Å². The highest BCUT2D eigenvalue weighted by Gasteiger charge is 2.70. The fourth-order valence-corrected chi connectivity index (χ4v) is 13.0. The maximum atomic E-state index is 13.1. The number of likely N-dealkylation sites (tertiary alicyclic amines) is 1. The van der Waals surface area contributed by atoms with Crippen molar-refractivity contribution in [3.8, 4) is 0 Å². The Morgan fingerprint density at radius 3 is 2.30 bits per heavy atom. The summed E-state index contributed by atoms with van der Waals surface area (Å²) in [5.74, 6) is 4.93. The van der Waals surface area contributed by atoms with Gasteiger partial charge in [-0.25, -0.2) is 0 Å². The number of piperidine rings is 1. The Bertz CT molecular complexity index is 1010. The van der Waals surface area contributed by atoms with Crippen LogP contribution in [0.3, 0.4) is 0 Å². The van der Waals surface area contributed by atoms with E-state index in [2.05, 4.69) is 65.3 Å². The molecule has 6 rings (SSSR count). The highest BCUT2D eigenvalue weighted by molar-refractivity contribution is 5.85. The van der Waals surface area contributed by atoms with Gasteiger partial charge in [0.05, 0.1) is 0 Å². The third-order valence-corrected chi connectivity index (χ3v) is 15.6. The van der Waals surface area contributed by atoms with Gasteiger partial charge in [0.1, 0.15) is 5.78 Å². The van der Waals surface area contributed by atoms with Crippen LogP contribution in [-0.2, 0) is 4.79 Å². The van der Waals surface area contributed by atoms with Crippen LogP contribution in [0.5, 0.6) is 0 Å². The van der Waals surface area contributed by atoms with Crippen LogP contribution in [0.15, 0.2) is 12.2 Å². The second kappa shape index (κ2) is 9.93. The van der Waals surface area contributed by atoms with Crippen LogP contribution in [-0.4, -0.2) is 42.4 Å². The number of hydrogen-bond acceptors (Lipinski definition) is 3. The smallest absolute Gasteiger partial charge is 0.138 e. The van der Waals surface area contributed by atoms with Gasteiger partial charge < -0.3 is 10.2 Å². The molecule has 6 aliphatic rings. The highest BCUT2D eigenvalue weighted by atomic mass is 16.1. The number of nitrogens with one attached hydrogen (secondary N) is 1. The van der Waals surface area contributed by atoms with Crippen molar-refractivity contribution < 1.29 is 4.79 Å². The van der Waals surface area contributed by atoms with Crippen LogP contribution in [0, 0.1) is 57.2 Å². The summed E-state index contributed by atoms with van der Waals surface area (Å²) in [6.45, 7) is 27.0. The van der Waals surface area contributed by atoms with Gasteiger partial charge in [0.25, 0.3) is 0 Å². The van der Waals surface area contributed by atoms with Crippen LogP contribution < -0.4 is 5.32 Å². The van der Waals surface area contributed by atoms with E-state index in [1.807, 2.05) is 0 Å². The molecule has 5 saturated carbocycles. The molecule has 3 heteroatoms. The lowest BCUT2D eigenvalue weighted by atomic mass is 9.32. The third kappa shape index (κ3) is 4.12. The van der Waals surface area contributed by atoms with Crippen molar-refractivity contribution in [1.29, 1.82) is 0 Å². The summed E-state index contributed by atoms with van der Waals surface area (Å²) in [5, 5.41) is 4.32. The lowest BCUT2D eigenvalue weighted by Gasteiger charge is -2.72. The second-order valence-corrected chi connectivity index (χ2v) is 17.4. The predicted molar refractivity (Wildman–Crippen MR) is 167 cm³/mol. The van der Waals surface area contributed by atoms with Crippen molar-refractivity contribution in [2.45, 2.75) is 131 Å². The fraction of sp³-hybridized carbons (Fsp3) is 0.919. The van der Waals surface area contributed by atoms with Crippen LogP contribution in [0.25, 0.3) is 0 Å². The molecule has 3 nitrogen and oxygen atoms in total. The van der Waals surface area contributed by atoms with Crippen molar-refractivity contribution in [1.82, 2.24) is 10.2 Å². The van der Waals surface area contributed by atoms with E-state index in [0.717, 1.165) is 43.1 Å². The number of carbonyl (C=O) groups excluding carboxylic acids is 1. The zero-order valence-corrected chi connectivity index (χ0v) is 27.3. The van der Waals surface area contributed by atoms with Gasteiger partial charge in [-0.1, -0.05) is 53.7 Å². The summed E-state index contributed by atoms with van der Waals surface area (Å²) >= 11 is 0. The van der Waals surface area contributed by atoms with Crippen LogP contribution in [0.1, 0.15) is 126 Å². The normalized spacial score (nSPS) is 49.1. The van der Waals surface area contributed by atoms with E-state index in [-0.39, 0.29) is 5.41 Å². The Morgan fingerprint density at radius 2 is 1.60 bits per heavy atom. The molecule has 0 unspecified atom stereocenters. The van der Waals surface area contributed by atoms with Gasteiger partial charge in [-0.15, -0.1) is 0 Å². The minimum Gasteiger partial charge on any atom is -0.310 e. The molecule has 1 saturated heterocycles. The summed E-state index contributed by atoms with van der Waals surface area (Å²) in [6.07, 6.45) is 15.4. The van der Waals surface area contributed by atoms with Gasteiger partial charge in [0, 0.05) is 30.5 Å². The predicted octanol–water partition coefficient (Wildman–Crippen LogP) is 8.29. The lowest BCUT2D eigenvalue weighted by molar-refractivity contribution is -0.228. The summed E-state index contributed by atoms with van der Waals surface area (Å²) < 4.78 is 0. The maximum absolute atomic E-state index is 13.1. The topological polar surface area (TPSA) is 32.3 Å². The average molecular weight is 551 g/mol. The number of carbonyl (C=O) groups is 1. The van der Waals surface area contributed by atoms with Crippen LogP contribution >= 0.6 is 0 Å². The van der Waals surface area contributed by atoms with Gasteiger partial charge in [-0.2, -0.15) is 0 Å². The molecule has 0 aromatic carbocycles.